The highest BCUT2D eigenvalue weighted by atomic mass is 31.2. The van der Waals surface area contributed by atoms with E-state index in [1.807, 2.05) is 32.0 Å². The van der Waals surface area contributed by atoms with Crippen LogP contribution in [-0.2, 0) is 18.6 Å². The van der Waals surface area contributed by atoms with Gasteiger partial charge in [-0.15, -0.1) is 0 Å². The molecule has 9 heteroatoms. The molecular formula is C38H62NO7P. The number of Topliss-reactive ketones (excluding diaryl/α,β-unsaturated/α-hetero) is 1. The number of rotatable bonds is 14. The SMILES string of the molecule is CC[C@H]1C(O)C2C(CC[C@@]3(C)C2CC[C@@H]3[C@H](C)CCO[P@](=O)(N[C@@H](C)C(=O)COC(C)C)Oc2ccccc2)[C@@]2(C)CC[C@@H](O)CC12. The van der Waals surface area contributed by atoms with Gasteiger partial charge in [-0.2, -0.15) is 0 Å². The lowest BCUT2D eigenvalue weighted by molar-refractivity contribution is -0.203. The number of aliphatic hydroxyl groups excluding tert-OH is 2. The van der Waals surface area contributed by atoms with Gasteiger partial charge in [0.05, 0.1) is 31.0 Å². The summed E-state index contributed by atoms with van der Waals surface area (Å²) in [7, 11) is -3.87. The summed E-state index contributed by atoms with van der Waals surface area (Å²) in [5.41, 5.74) is 0.325. The van der Waals surface area contributed by atoms with Crippen molar-refractivity contribution in [2.45, 2.75) is 131 Å². The van der Waals surface area contributed by atoms with Crippen LogP contribution in [-0.4, -0.2) is 53.6 Å². The van der Waals surface area contributed by atoms with E-state index in [0.29, 0.717) is 41.3 Å². The number of benzene rings is 1. The van der Waals surface area contributed by atoms with Gasteiger partial charge in [-0.25, -0.2) is 9.65 Å². The molecule has 1 aromatic carbocycles. The van der Waals surface area contributed by atoms with E-state index in [4.69, 9.17) is 13.8 Å². The molecule has 4 saturated carbocycles. The number of ketones is 1. The van der Waals surface area contributed by atoms with Gasteiger partial charge in [0.15, 0.2) is 5.78 Å². The lowest BCUT2D eigenvalue weighted by atomic mass is 9.41. The van der Waals surface area contributed by atoms with E-state index in [-0.39, 0.29) is 54.1 Å². The quantitative estimate of drug-likeness (QED) is 0.171. The molecule has 3 N–H and O–H groups in total. The minimum Gasteiger partial charge on any atom is -0.413 e. The van der Waals surface area contributed by atoms with Crippen LogP contribution < -0.4 is 9.61 Å². The van der Waals surface area contributed by atoms with Crippen molar-refractivity contribution in [3.63, 3.8) is 0 Å². The van der Waals surface area contributed by atoms with Gasteiger partial charge < -0.3 is 19.5 Å². The Morgan fingerprint density at radius 3 is 2.34 bits per heavy atom. The molecule has 0 amide bonds. The highest BCUT2D eigenvalue weighted by Crippen LogP contribution is 2.69. The van der Waals surface area contributed by atoms with Crippen molar-refractivity contribution in [1.29, 1.82) is 0 Å². The second-order valence-electron chi connectivity index (χ2n) is 16.3. The van der Waals surface area contributed by atoms with Crippen molar-refractivity contribution in [2.75, 3.05) is 13.2 Å². The van der Waals surface area contributed by atoms with Crippen LogP contribution in [0.5, 0.6) is 5.75 Å². The average Bonchev–Trinajstić information content (AvgIpc) is 3.38. The van der Waals surface area contributed by atoms with E-state index < -0.39 is 13.8 Å². The molecule has 0 spiro atoms. The van der Waals surface area contributed by atoms with Gasteiger partial charge in [0.1, 0.15) is 12.4 Å². The highest BCUT2D eigenvalue weighted by Gasteiger charge is 2.64. The third kappa shape index (κ3) is 7.59. The molecule has 4 fully saturated rings. The molecular weight excluding hydrogens is 613 g/mol. The molecule has 0 aliphatic heterocycles. The van der Waals surface area contributed by atoms with Gasteiger partial charge in [0.2, 0.25) is 0 Å². The van der Waals surface area contributed by atoms with Crippen LogP contribution in [0.25, 0.3) is 0 Å². The van der Waals surface area contributed by atoms with Crippen LogP contribution in [0.15, 0.2) is 30.3 Å². The summed E-state index contributed by atoms with van der Waals surface area (Å²) < 4.78 is 31.5. The monoisotopic (exact) mass is 675 g/mol. The minimum absolute atomic E-state index is 0.0764. The molecule has 4 aliphatic carbocycles. The standard InChI is InChI=1S/C38H62NO7P/c1-8-29-33-22-27(40)16-19-38(33,7)32-17-20-37(6)30(14-15-31(37)35(32)36(29)42)25(4)18-21-45-47(43,46-28-12-10-9-11-13-28)39-26(5)34(41)23-44-24(2)3/h9-13,24-27,29-33,35-36,40,42H,8,14-23H2,1-7H3,(H,39,43)/t25-,26+,27-,29-,30-,31?,32?,33?,35?,36?,37-,38-,47-/m1/s1. The first-order chi connectivity index (χ1) is 22.2. The lowest BCUT2D eigenvalue weighted by Gasteiger charge is -2.64. The number of carbonyl (C=O) groups excluding carboxylic acids is 1. The number of fused-ring (bicyclic) bond motifs is 5. The van der Waals surface area contributed by atoms with Gasteiger partial charge in [0.25, 0.3) is 0 Å². The maximum Gasteiger partial charge on any atom is 0.459 e. The molecule has 0 radical (unpaired) electrons. The fourth-order valence-electron chi connectivity index (χ4n) is 10.9. The first-order valence-corrected chi connectivity index (χ1v) is 20.0. The van der Waals surface area contributed by atoms with Crippen LogP contribution in [0.4, 0.5) is 0 Å². The van der Waals surface area contributed by atoms with Crippen LogP contribution in [0.3, 0.4) is 0 Å². The molecule has 4 aliphatic rings. The highest BCUT2D eigenvalue weighted by molar-refractivity contribution is 7.52. The molecule has 8 nitrogen and oxygen atoms in total. The van der Waals surface area contributed by atoms with Gasteiger partial charge in [-0.1, -0.05) is 52.3 Å². The summed E-state index contributed by atoms with van der Waals surface area (Å²) in [5.74, 6) is 2.97. The van der Waals surface area contributed by atoms with Gasteiger partial charge in [0, 0.05) is 0 Å². The molecule has 13 atom stereocenters. The molecule has 0 heterocycles. The summed E-state index contributed by atoms with van der Waals surface area (Å²) in [6.45, 7) is 15.1. The lowest BCUT2D eigenvalue weighted by Crippen LogP contribution is -2.62. The zero-order valence-electron chi connectivity index (χ0n) is 29.9. The Labute approximate surface area is 283 Å². The maximum absolute atomic E-state index is 14.1. The first kappa shape index (κ1) is 37.0. The molecule has 1 aromatic rings. The van der Waals surface area contributed by atoms with E-state index in [9.17, 15) is 19.6 Å². The Kier molecular flexibility index (Phi) is 11.7. The number of hydrogen-bond donors (Lipinski definition) is 3. The summed E-state index contributed by atoms with van der Waals surface area (Å²) in [6.07, 6.45) is 8.43. The molecule has 0 aromatic heterocycles. The summed E-state index contributed by atoms with van der Waals surface area (Å²) in [4.78, 5) is 12.7. The molecule has 47 heavy (non-hydrogen) atoms. The Bertz CT molecular complexity index is 1250. The molecule has 5 rings (SSSR count). The van der Waals surface area contributed by atoms with Gasteiger partial charge >= 0.3 is 7.75 Å². The van der Waals surface area contributed by atoms with Crippen molar-refractivity contribution in [3.8, 4) is 5.75 Å². The number of ether oxygens (including phenoxy) is 1. The van der Waals surface area contributed by atoms with Crippen LogP contribution >= 0.6 is 7.75 Å². The topological polar surface area (TPSA) is 114 Å². The predicted octanol–water partition coefficient (Wildman–Crippen LogP) is 7.82. The number of hydrogen-bond acceptors (Lipinski definition) is 7. The second kappa shape index (κ2) is 14.9. The third-order valence-corrected chi connectivity index (χ3v) is 15.0. The van der Waals surface area contributed by atoms with Crippen LogP contribution in [0.2, 0.25) is 0 Å². The van der Waals surface area contributed by atoms with E-state index in [1.165, 1.54) is 0 Å². The third-order valence-electron chi connectivity index (χ3n) is 13.3. The molecule has 0 bridgehead atoms. The van der Waals surface area contributed by atoms with Crippen molar-refractivity contribution >= 4 is 13.5 Å². The zero-order valence-corrected chi connectivity index (χ0v) is 30.8. The Balaban J connectivity index is 1.25. The number of aliphatic hydroxyl groups is 2. The zero-order chi connectivity index (χ0) is 34.1. The summed E-state index contributed by atoms with van der Waals surface area (Å²) in [6, 6.07) is 8.16. The van der Waals surface area contributed by atoms with E-state index in [0.717, 1.165) is 57.8 Å². The fraction of sp³-hybridized carbons (Fsp3) is 0.816. The van der Waals surface area contributed by atoms with Crippen molar-refractivity contribution in [3.05, 3.63) is 30.3 Å². The second-order valence-corrected chi connectivity index (χ2v) is 18.0. The summed E-state index contributed by atoms with van der Waals surface area (Å²) in [5, 5.41) is 25.5. The van der Waals surface area contributed by atoms with E-state index in [1.54, 1.807) is 19.1 Å². The maximum atomic E-state index is 14.1. The van der Waals surface area contributed by atoms with Gasteiger partial charge in [-0.05, 0) is 137 Å². The van der Waals surface area contributed by atoms with Crippen molar-refractivity contribution in [2.24, 2.45) is 52.3 Å². The van der Waals surface area contributed by atoms with Crippen LogP contribution in [0, 0.1) is 52.3 Å². The summed E-state index contributed by atoms with van der Waals surface area (Å²) >= 11 is 0. The average molecular weight is 676 g/mol. The number of para-hydroxylation sites is 1. The van der Waals surface area contributed by atoms with E-state index >= 15 is 0 Å². The van der Waals surface area contributed by atoms with Crippen LogP contribution in [0.1, 0.15) is 106 Å². The Hall–Kier alpha value is -1.28. The normalized spacial score (nSPS) is 39.3. The Morgan fingerprint density at radius 2 is 1.66 bits per heavy atom. The van der Waals surface area contributed by atoms with Crippen molar-refractivity contribution in [1.82, 2.24) is 5.09 Å². The smallest absolute Gasteiger partial charge is 0.413 e. The molecule has 266 valence electrons. The minimum atomic E-state index is -3.87. The fourth-order valence-corrected chi connectivity index (χ4v) is 12.4. The molecule has 5 unspecified atom stereocenters. The van der Waals surface area contributed by atoms with E-state index in [2.05, 4.69) is 32.8 Å². The molecule has 0 saturated heterocycles. The predicted molar refractivity (Wildman–Crippen MR) is 185 cm³/mol. The number of nitrogens with one attached hydrogen (secondary N) is 1. The van der Waals surface area contributed by atoms with Gasteiger partial charge in [-0.3, -0.25) is 9.32 Å². The number of carbonyl (C=O) groups is 1. The Morgan fingerprint density at radius 1 is 0.979 bits per heavy atom. The van der Waals surface area contributed by atoms with Crippen molar-refractivity contribution < 1.29 is 33.4 Å². The first-order valence-electron chi connectivity index (χ1n) is 18.5. The largest absolute Gasteiger partial charge is 0.459 e.